The van der Waals surface area contributed by atoms with Gasteiger partial charge in [-0.05, 0) is 42.3 Å². The molecule has 4 rings (SSSR count). The number of nitrogens with one attached hydrogen (secondary N) is 1. The van der Waals surface area contributed by atoms with E-state index in [1.54, 1.807) is 0 Å². The highest BCUT2D eigenvalue weighted by atomic mass is 16.7. The van der Waals surface area contributed by atoms with Gasteiger partial charge in [0, 0.05) is 24.1 Å². The van der Waals surface area contributed by atoms with E-state index in [4.69, 9.17) is 14.0 Å². The Morgan fingerprint density at radius 2 is 1.85 bits per heavy atom. The number of rotatable bonds is 6. The van der Waals surface area contributed by atoms with Gasteiger partial charge in [-0.3, -0.25) is 4.79 Å². The number of carbonyl (C=O) groups excluding carboxylic acids is 1. The lowest BCUT2D eigenvalue weighted by atomic mass is 10.1. The second-order valence-corrected chi connectivity index (χ2v) is 6.14. The van der Waals surface area contributed by atoms with E-state index in [1.165, 1.54) is 0 Å². The molecule has 0 saturated carbocycles. The first-order valence-electron chi connectivity index (χ1n) is 8.82. The van der Waals surface area contributed by atoms with Crippen molar-refractivity contribution in [3.63, 3.8) is 0 Å². The highest BCUT2D eigenvalue weighted by Crippen LogP contribution is 2.35. The van der Waals surface area contributed by atoms with Crippen LogP contribution in [0.2, 0.25) is 0 Å². The van der Waals surface area contributed by atoms with Crippen molar-refractivity contribution in [3.8, 4) is 34.3 Å². The largest absolute Gasteiger partial charge is 0.454 e. The third-order valence-corrected chi connectivity index (χ3v) is 4.31. The minimum absolute atomic E-state index is 0.0635. The van der Waals surface area contributed by atoms with Crippen LogP contribution in [0.4, 0.5) is 0 Å². The first kappa shape index (κ1) is 17.1. The van der Waals surface area contributed by atoms with Crippen molar-refractivity contribution in [1.82, 2.24) is 15.5 Å². The van der Waals surface area contributed by atoms with Crippen molar-refractivity contribution in [3.05, 3.63) is 48.0 Å². The third kappa shape index (κ3) is 3.76. The number of ether oxygens (including phenoxy) is 2. The van der Waals surface area contributed by atoms with Crippen LogP contribution in [0.5, 0.6) is 11.5 Å². The molecule has 0 spiro atoms. The topological polar surface area (TPSA) is 86.5 Å². The molecule has 3 aromatic rings. The Morgan fingerprint density at radius 1 is 1.07 bits per heavy atom. The van der Waals surface area contributed by atoms with Gasteiger partial charge in [0.25, 0.3) is 5.89 Å². The molecule has 138 valence electrons. The zero-order valence-corrected chi connectivity index (χ0v) is 14.9. The maximum atomic E-state index is 11.3. The third-order valence-electron chi connectivity index (χ3n) is 4.31. The molecule has 27 heavy (non-hydrogen) atoms. The van der Waals surface area contributed by atoms with Crippen LogP contribution in [0, 0.1) is 0 Å². The highest BCUT2D eigenvalue weighted by molar-refractivity contribution is 5.75. The van der Waals surface area contributed by atoms with E-state index in [9.17, 15) is 4.79 Å². The van der Waals surface area contributed by atoms with Gasteiger partial charge in [0.2, 0.25) is 18.5 Å². The molecule has 1 N–H and O–H groups in total. The summed E-state index contributed by atoms with van der Waals surface area (Å²) in [6.07, 6.45) is 1.28. The van der Waals surface area contributed by atoms with E-state index < -0.39 is 0 Å². The number of carbonyl (C=O) groups is 1. The molecule has 1 aromatic heterocycles. The number of hydrogen-bond donors (Lipinski definition) is 1. The van der Waals surface area contributed by atoms with Gasteiger partial charge in [-0.1, -0.05) is 24.2 Å². The Kier molecular flexibility index (Phi) is 4.74. The summed E-state index contributed by atoms with van der Waals surface area (Å²) >= 11 is 0. The molecule has 1 aliphatic rings. The number of hydrogen-bond acceptors (Lipinski definition) is 6. The Bertz CT molecular complexity index is 950. The first-order valence-corrected chi connectivity index (χ1v) is 8.82. The lowest BCUT2D eigenvalue weighted by molar-refractivity contribution is -0.120. The molecule has 0 radical (unpaired) electrons. The molecule has 0 bridgehead atoms. The predicted octanol–water partition coefficient (Wildman–Crippen LogP) is 3.20. The average molecular weight is 365 g/mol. The van der Waals surface area contributed by atoms with Gasteiger partial charge in [-0.15, -0.1) is 0 Å². The van der Waals surface area contributed by atoms with Crippen molar-refractivity contribution in [1.29, 1.82) is 0 Å². The molecule has 0 aliphatic carbocycles. The summed E-state index contributed by atoms with van der Waals surface area (Å²) in [7, 11) is 0. The molecule has 2 heterocycles. The number of fused-ring (bicyclic) bond motifs is 1. The van der Waals surface area contributed by atoms with Gasteiger partial charge in [0.15, 0.2) is 11.5 Å². The van der Waals surface area contributed by atoms with Crippen LogP contribution in [0.15, 0.2) is 47.0 Å². The predicted molar refractivity (Wildman–Crippen MR) is 98.3 cm³/mol. The van der Waals surface area contributed by atoms with Gasteiger partial charge in [-0.25, -0.2) is 0 Å². The highest BCUT2D eigenvalue weighted by Gasteiger charge is 2.17. The Labute approximate surface area is 156 Å². The fourth-order valence-corrected chi connectivity index (χ4v) is 2.78. The van der Waals surface area contributed by atoms with Crippen LogP contribution in [0.3, 0.4) is 0 Å². The van der Waals surface area contributed by atoms with Gasteiger partial charge >= 0.3 is 0 Å². The molecule has 0 atom stereocenters. The monoisotopic (exact) mass is 365 g/mol. The Balaban J connectivity index is 1.44. The van der Waals surface area contributed by atoms with E-state index in [1.807, 2.05) is 49.4 Å². The van der Waals surface area contributed by atoms with Gasteiger partial charge in [0.1, 0.15) is 0 Å². The first-order chi connectivity index (χ1) is 13.2. The molecular weight excluding hydrogens is 346 g/mol. The molecule has 2 aromatic carbocycles. The molecule has 7 nitrogen and oxygen atoms in total. The minimum Gasteiger partial charge on any atom is -0.454 e. The van der Waals surface area contributed by atoms with E-state index >= 15 is 0 Å². The smallest absolute Gasteiger partial charge is 0.258 e. The van der Waals surface area contributed by atoms with Crippen LogP contribution >= 0.6 is 0 Å². The molecular formula is C20H19N3O4. The summed E-state index contributed by atoms with van der Waals surface area (Å²) in [5.74, 6) is 2.41. The fraction of sp³-hybridized carbons (Fsp3) is 0.250. The van der Waals surface area contributed by atoms with Crippen LogP contribution in [-0.4, -0.2) is 29.4 Å². The van der Waals surface area contributed by atoms with Crippen LogP contribution in [0.25, 0.3) is 22.8 Å². The van der Waals surface area contributed by atoms with Crippen molar-refractivity contribution in [2.75, 3.05) is 13.3 Å². The molecule has 7 heteroatoms. The van der Waals surface area contributed by atoms with Crippen molar-refractivity contribution in [2.45, 2.75) is 19.8 Å². The van der Waals surface area contributed by atoms with Gasteiger partial charge < -0.3 is 19.3 Å². The van der Waals surface area contributed by atoms with Crippen molar-refractivity contribution in [2.24, 2.45) is 0 Å². The second kappa shape index (κ2) is 7.49. The lowest BCUT2D eigenvalue weighted by Gasteiger charge is -2.04. The number of aromatic nitrogens is 2. The number of nitrogens with zero attached hydrogens (tertiary/aromatic N) is 2. The standard InChI is InChI=1S/C20H19N3O4/c1-2-18(24)21-10-9-13-3-5-14(6-4-13)20-22-19(23-27-20)15-7-8-16-17(11-15)26-12-25-16/h3-8,11H,2,9-10,12H2,1H3,(H,21,24). The van der Waals surface area contributed by atoms with Crippen LogP contribution < -0.4 is 14.8 Å². The lowest BCUT2D eigenvalue weighted by Crippen LogP contribution is -2.24. The zero-order chi connectivity index (χ0) is 18.6. The molecule has 0 unspecified atom stereocenters. The quantitative estimate of drug-likeness (QED) is 0.722. The SMILES string of the molecule is CCC(=O)NCCc1ccc(-c2nc(-c3ccc4c(c3)OCO4)no2)cc1. The Morgan fingerprint density at radius 3 is 2.67 bits per heavy atom. The van der Waals surface area contributed by atoms with E-state index in [0.29, 0.717) is 36.2 Å². The molecule has 0 fully saturated rings. The van der Waals surface area contributed by atoms with Crippen LogP contribution in [0.1, 0.15) is 18.9 Å². The molecule has 1 amide bonds. The summed E-state index contributed by atoms with van der Waals surface area (Å²) in [5.41, 5.74) is 2.78. The molecule has 1 aliphatic heterocycles. The maximum Gasteiger partial charge on any atom is 0.258 e. The van der Waals surface area contributed by atoms with Gasteiger partial charge in [0.05, 0.1) is 0 Å². The molecule has 0 saturated heterocycles. The summed E-state index contributed by atoms with van der Waals surface area (Å²) in [6.45, 7) is 2.69. The Hall–Kier alpha value is -3.35. The van der Waals surface area contributed by atoms with Crippen molar-refractivity contribution >= 4 is 5.91 Å². The van der Waals surface area contributed by atoms with Crippen LogP contribution in [-0.2, 0) is 11.2 Å². The summed E-state index contributed by atoms with van der Waals surface area (Å²) in [4.78, 5) is 15.7. The second-order valence-electron chi connectivity index (χ2n) is 6.14. The van der Waals surface area contributed by atoms with E-state index in [2.05, 4.69) is 15.5 Å². The average Bonchev–Trinajstić information content (AvgIpc) is 3.37. The zero-order valence-electron chi connectivity index (χ0n) is 14.9. The van der Waals surface area contributed by atoms with Gasteiger partial charge in [-0.2, -0.15) is 4.98 Å². The summed E-state index contributed by atoms with van der Waals surface area (Å²) < 4.78 is 16.1. The maximum absolute atomic E-state index is 11.3. The van der Waals surface area contributed by atoms with E-state index in [-0.39, 0.29) is 12.7 Å². The fourth-order valence-electron chi connectivity index (χ4n) is 2.78. The van der Waals surface area contributed by atoms with E-state index in [0.717, 1.165) is 23.1 Å². The number of amides is 1. The number of benzene rings is 2. The van der Waals surface area contributed by atoms with Crippen molar-refractivity contribution < 1.29 is 18.8 Å². The summed E-state index contributed by atoms with van der Waals surface area (Å²) in [5, 5.41) is 6.93. The normalized spacial score (nSPS) is 12.2. The minimum atomic E-state index is 0.0635. The summed E-state index contributed by atoms with van der Waals surface area (Å²) in [6, 6.07) is 13.4.